The van der Waals surface area contributed by atoms with Crippen LogP contribution in [0.3, 0.4) is 0 Å². The van der Waals surface area contributed by atoms with Gasteiger partial charge in [0.25, 0.3) is 0 Å². The van der Waals surface area contributed by atoms with Crippen molar-refractivity contribution in [2.24, 2.45) is 5.92 Å². The van der Waals surface area contributed by atoms with E-state index in [-0.39, 0.29) is 11.7 Å². The van der Waals surface area contributed by atoms with Gasteiger partial charge in [-0.05, 0) is 69.3 Å². The molecule has 2 nitrogen and oxygen atoms in total. The van der Waals surface area contributed by atoms with Crippen LogP contribution < -0.4 is 4.74 Å². The minimum Gasteiger partial charge on any atom is -0.457 e. The zero-order valence-corrected chi connectivity index (χ0v) is 12.9. The summed E-state index contributed by atoms with van der Waals surface area (Å²) in [5.41, 5.74) is 0.0288. The number of hydrogen-bond donors (Lipinski definition) is 1. The molecule has 0 spiro atoms. The maximum Gasteiger partial charge on any atom is 0.127 e. The van der Waals surface area contributed by atoms with E-state index >= 15 is 0 Å². The Morgan fingerprint density at radius 3 is 2.00 bits per heavy atom. The van der Waals surface area contributed by atoms with E-state index in [4.69, 9.17) is 4.74 Å². The fraction of sp³-hybridized carbons (Fsp3) is 0.263. The summed E-state index contributed by atoms with van der Waals surface area (Å²) >= 11 is 0. The number of rotatable bonds is 3. The van der Waals surface area contributed by atoms with Crippen LogP contribution in [-0.4, -0.2) is 10.7 Å². The van der Waals surface area contributed by atoms with Crippen molar-refractivity contribution in [1.29, 1.82) is 0 Å². The first kappa shape index (κ1) is 16.1. The summed E-state index contributed by atoms with van der Waals surface area (Å²) in [4.78, 5) is 0. The molecular formula is C19H19FO2. The minimum absolute atomic E-state index is 0.123. The highest BCUT2D eigenvalue weighted by Crippen LogP contribution is 2.22. The Kier molecular flexibility index (Phi) is 4.85. The van der Waals surface area contributed by atoms with Gasteiger partial charge in [-0.25, -0.2) is 4.39 Å². The molecule has 22 heavy (non-hydrogen) atoms. The third kappa shape index (κ3) is 4.61. The summed E-state index contributed by atoms with van der Waals surface area (Å²) in [6, 6.07) is 13.2. The smallest absolute Gasteiger partial charge is 0.127 e. The molecule has 0 heterocycles. The highest BCUT2D eigenvalue weighted by molar-refractivity contribution is 5.40. The molecular weight excluding hydrogens is 279 g/mol. The van der Waals surface area contributed by atoms with Gasteiger partial charge < -0.3 is 9.84 Å². The lowest BCUT2D eigenvalue weighted by atomic mass is 9.93. The van der Waals surface area contributed by atoms with Crippen molar-refractivity contribution in [3.8, 4) is 23.3 Å². The fourth-order valence-corrected chi connectivity index (χ4v) is 1.61. The van der Waals surface area contributed by atoms with E-state index in [0.29, 0.717) is 11.5 Å². The predicted octanol–water partition coefficient (Wildman–Crippen LogP) is 4.38. The Balaban J connectivity index is 2.05. The third-order valence-electron chi connectivity index (χ3n) is 3.40. The molecule has 0 aliphatic rings. The second-order valence-corrected chi connectivity index (χ2v) is 5.73. The van der Waals surface area contributed by atoms with Crippen LogP contribution in [0.1, 0.15) is 26.3 Å². The SMILES string of the molecule is CC(C#Cc1ccc(Oc2ccc(F)cc2)cc1)C(C)(C)O. The molecule has 0 aliphatic heterocycles. The average Bonchev–Trinajstić information content (AvgIpc) is 2.47. The van der Waals surface area contributed by atoms with Gasteiger partial charge >= 0.3 is 0 Å². The summed E-state index contributed by atoms with van der Waals surface area (Å²) < 4.78 is 18.4. The molecule has 2 aromatic rings. The molecule has 2 rings (SSSR count). The van der Waals surface area contributed by atoms with E-state index < -0.39 is 5.60 Å². The van der Waals surface area contributed by atoms with Crippen LogP contribution in [-0.2, 0) is 0 Å². The van der Waals surface area contributed by atoms with Gasteiger partial charge in [0, 0.05) is 11.5 Å². The maximum atomic E-state index is 12.8. The summed E-state index contributed by atoms with van der Waals surface area (Å²) in [6.45, 7) is 5.37. The van der Waals surface area contributed by atoms with Crippen molar-refractivity contribution in [2.75, 3.05) is 0 Å². The number of halogens is 1. The summed E-state index contributed by atoms with van der Waals surface area (Å²) in [5, 5.41) is 9.84. The predicted molar refractivity (Wildman–Crippen MR) is 85.3 cm³/mol. The van der Waals surface area contributed by atoms with Crippen molar-refractivity contribution in [1.82, 2.24) is 0 Å². The lowest BCUT2D eigenvalue weighted by molar-refractivity contribution is 0.0477. The number of benzene rings is 2. The van der Waals surface area contributed by atoms with E-state index in [1.165, 1.54) is 12.1 Å². The quantitative estimate of drug-likeness (QED) is 0.852. The van der Waals surface area contributed by atoms with Gasteiger partial charge in [0.2, 0.25) is 0 Å². The van der Waals surface area contributed by atoms with Crippen molar-refractivity contribution in [3.63, 3.8) is 0 Å². The third-order valence-corrected chi connectivity index (χ3v) is 3.40. The molecule has 114 valence electrons. The van der Waals surface area contributed by atoms with Gasteiger partial charge in [0.1, 0.15) is 17.3 Å². The van der Waals surface area contributed by atoms with Crippen LogP contribution in [0, 0.1) is 23.6 Å². The van der Waals surface area contributed by atoms with E-state index in [1.54, 1.807) is 26.0 Å². The lowest BCUT2D eigenvalue weighted by Crippen LogP contribution is -2.27. The molecule has 0 aliphatic carbocycles. The normalized spacial score (nSPS) is 12.2. The minimum atomic E-state index is -0.821. The van der Waals surface area contributed by atoms with Gasteiger partial charge in [-0.2, -0.15) is 0 Å². The molecule has 2 aromatic carbocycles. The largest absolute Gasteiger partial charge is 0.457 e. The molecule has 0 aromatic heterocycles. The molecule has 1 unspecified atom stereocenters. The molecule has 0 radical (unpaired) electrons. The van der Waals surface area contributed by atoms with Crippen molar-refractivity contribution in [3.05, 3.63) is 59.9 Å². The van der Waals surface area contributed by atoms with Gasteiger partial charge in [-0.3, -0.25) is 0 Å². The van der Waals surface area contributed by atoms with E-state index in [0.717, 1.165) is 5.56 Å². The van der Waals surface area contributed by atoms with Crippen LogP contribution in [0.2, 0.25) is 0 Å². The maximum absolute atomic E-state index is 12.8. The zero-order chi connectivity index (χ0) is 16.2. The van der Waals surface area contributed by atoms with Crippen LogP contribution in [0.15, 0.2) is 48.5 Å². The second-order valence-electron chi connectivity index (χ2n) is 5.73. The summed E-state index contributed by atoms with van der Waals surface area (Å²) in [5.74, 6) is 6.89. The number of ether oxygens (including phenoxy) is 1. The highest BCUT2D eigenvalue weighted by atomic mass is 19.1. The fourth-order valence-electron chi connectivity index (χ4n) is 1.61. The molecule has 0 saturated heterocycles. The first-order chi connectivity index (χ1) is 10.3. The summed E-state index contributed by atoms with van der Waals surface area (Å²) in [7, 11) is 0. The van der Waals surface area contributed by atoms with Crippen molar-refractivity contribution < 1.29 is 14.2 Å². The number of aliphatic hydroxyl groups is 1. The number of hydrogen-bond acceptors (Lipinski definition) is 2. The monoisotopic (exact) mass is 298 g/mol. The van der Waals surface area contributed by atoms with Gasteiger partial charge in [-0.15, -0.1) is 0 Å². The molecule has 0 bridgehead atoms. The van der Waals surface area contributed by atoms with Gasteiger partial charge in [0.05, 0.1) is 5.60 Å². The van der Waals surface area contributed by atoms with Crippen LogP contribution >= 0.6 is 0 Å². The van der Waals surface area contributed by atoms with E-state index in [9.17, 15) is 9.50 Å². The van der Waals surface area contributed by atoms with Crippen molar-refractivity contribution >= 4 is 0 Å². The Bertz CT molecular complexity index is 671. The first-order valence-corrected chi connectivity index (χ1v) is 7.12. The van der Waals surface area contributed by atoms with Crippen LogP contribution in [0.4, 0.5) is 4.39 Å². The molecule has 0 fully saturated rings. The lowest BCUT2D eigenvalue weighted by Gasteiger charge is -2.20. The summed E-state index contributed by atoms with van der Waals surface area (Å²) in [6.07, 6.45) is 0. The molecule has 1 N–H and O–H groups in total. The van der Waals surface area contributed by atoms with E-state index in [2.05, 4.69) is 11.8 Å². The molecule has 1 atom stereocenters. The van der Waals surface area contributed by atoms with Gasteiger partial charge in [-0.1, -0.05) is 11.8 Å². The molecule has 3 heteroatoms. The van der Waals surface area contributed by atoms with Crippen molar-refractivity contribution in [2.45, 2.75) is 26.4 Å². The van der Waals surface area contributed by atoms with Gasteiger partial charge in [0.15, 0.2) is 0 Å². The van der Waals surface area contributed by atoms with Crippen LogP contribution in [0.25, 0.3) is 0 Å². The highest BCUT2D eigenvalue weighted by Gasteiger charge is 2.19. The first-order valence-electron chi connectivity index (χ1n) is 7.12. The average molecular weight is 298 g/mol. The molecule has 0 saturated carbocycles. The standard InChI is InChI=1S/C19H19FO2/c1-14(19(2,3)21)4-5-15-6-10-17(11-7-15)22-18-12-8-16(20)9-13-18/h6-14,21H,1-3H3. The molecule has 0 amide bonds. The van der Waals surface area contributed by atoms with Crippen LogP contribution in [0.5, 0.6) is 11.5 Å². The topological polar surface area (TPSA) is 29.5 Å². The Morgan fingerprint density at radius 2 is 1.50 bits per heavy atom. The Morgan fingerprint density at radius 1 is 1.00 bits per heavy atom. The Labute approximate surface area is 130 Å². The second kappa shape index (κ2) is 6.64. The Hall–Kier alpha value is -2.31. The van der Waals surface area contributed by atoms with E-state index in [1.807, 2.05) is 31.2 Å². The zero-order valence-electron chi connectivity index (χ0n) is 12.9.